The summed E-state index contributed by atoms with van der Waals surface area (Å²) in [6.45, 7) is 4.08. The van der Waals surface area contributed by atoms with Crippen LogP contribution in [0, 0.1) is 6.92 Å². The van der Waals surface area contributed by atoms with Crippen molar-refractivity contribution in [2.75, 3.05) is 14.2 Å². The number of carbonyl (C=O) groups excluding carboxylic acids is 1. The molecule has 3 nitrogen and oxygen atoms in total. The van der Waals surface area contributed by atoms with E-state index in [0.717, 1.165) is 28.9 Å². The molecule has 0 unspecified atom stereocenters. The van der Waals surface area contributed by atoms with Crippen LogP contribution < -0.4 is 4.74 Å². The van der Waals surface area contributed by atoms with Crippen LogP contribution in [0.2, 0.25) is 0 Å². The van der Waals surface area contributed by atoms with Crippen LogP contribution in [0.1, 0.15) is 23.6 Å². The van der Waals surface area contributed by atoms with Crippen molar-refractivity contribution in [1.29, 1.82) is 0 Å². The van der Waals surface area contributed by atoms with Crippen molar-refractivity contribution in [1.82, 2.24) is 0 Å². The van der Waals surface area contributed by atoms with Crippen molar-refractivity contribution in [2.45, 2.75) is 26.7 Å². The maximum atomic E-state index is 11.3. The topological polar surface area (TPSA) is 35.5 Å². The van der Waals surface area contributed by atoms with Crippen LogP contribution in [0.3, 0.4) is 0 Å². The first-order chi connectivity index (χ1) is 7.62. The highest BCUT2D eigenvalue weighted by molar-refractivity contribution is 5.74. The molecule has 0 N–H and O–H groups in total. The molecule has 0 atom stereocenters. The lowest BCUT2D eigenvalue weighted by molar-refractivity contribution is -0.139. The van der Waals surface area contributed by atoms with Crippen molar-refractivity contribution in [2.24, 2.45) is 0 Å². The van der Waals surface area contributed by atoms with Crippen molar-refractivity contribution in [3.05, 3.63) is 28.8 Å². The summed E-state index contributed by atoms with van der Waals surface area (Å²) < 4.78 is 10.00. The highest BCUT2D eigenvalue weighted by Gasteiger charge is 2.13. The molecule has 0 saturated heterocycles. The summed E-state index contributed by atoms with van der Waals surface area (Å²) >= 11 is 0. The van der Waals surface area contributed by atoms with E-state index in [1.54, 1.807) is 7.11 Å². The Morgan fingerprint density at radius 1 is 1.31 bits per heavy atom. The summed E-state index contributed by atoms with van der Waals surface area (Å²) in [5.74, 6) is 0.527. The average Bonchev–Trinajstić information content (AvgIpc) is 2.30. The van der Waals surface area contributed by atoms with Gasteiger partial charge in [0.25, 0.3) is 0 Å². The van der Waals surface area contributed by atoms with Crippen LogP contribution in [0.5, 0.6) is 5.75 Å². The predicted octanol–water partition coefficient (Wildman–Crippen LogP) is 2.28. The first-order valence-corrected chi connectivity index (χ1v) is 5.35. The molecule has 0 saturated carbocycles. The number of ether oxygens (including phenoxy) is 2. The van der Waals surface area contributed by atoms with Gasteiger partial charge in [0.15, 0.2) is 0 Å². The van der Waals surface area contributed by atoms with Gasteiger partial charge in [0, 0.05) is 5.56 Å². The Morgan fingerprint density at radius 3 is 2.50 bits per heavy atom. The van der Waals surface area contributed by atoms with Gasteiger partial charge in [-0.15, -0.1) is 0 Å². The number of hydrogen-bond donors (Lipinski definition) is 0. The van der Waals surface area contributed by atoms with Crippen LogP contribution in [0.4, 0.5) is 0 Å². The molecule has 0 spiro atoms. The fraction of sp³-hybridized carbons (Fsp3) is 0.462. The van der Waals surface area contributed by atoms with Gasteiger partial charge in [-0.3, -0.25) is 4.79 Å². The van der Waals surface area contributed by atoms with Gasteiger partial charge in [-0.1, -0.05) is 13.0 Å². The minimum absolute atomic E-state index is 0.239. The second kappa shape index (κ2) is 5.54. The van der Waals surface area contributed by atoms with Gasteiger partial charge >= 0.3 is 5.97 Å². The summed E-state index contributed by atoms with van der Waals surface area (Å²) in [5, 5.41) is 0. The van der Waals surface area contributed by atoms with Gasteiger partial charge < -0.3 is 9.47 Å². The Bertz CT molecular complexity index is 358. The van der Waals surface area contributed by atoms with Crippen LogP contribution in [0.15, 0.2) is 12.1 Å². The van der Waals surface area contributed by atoms with Gasteiger partial charge in [0.05, 0.1) is 20.6 Å². The molecule has 0 fully saturated rings. The monoisotopic (exact) mass is 222 g/mol. The van der Waals surface area contributed by atoms with Gasteiger partial charge in [0.1, 0.15) is 5.75 Å². The van der Waals surface area contributed by atoms with Crippen LogP contribution in [-0.2, 0) is 22.4 Å². The third-order valence-electron chi connectivity index (χ3n) is 2.60. The summed E-state index contributed by atoms with van der Waals surface area (Å²) in [5.41, 5.74) is 3.21. The summed E-state index contributed by atoms with van der Waals surface area (Å²) in [6.07, 6.45) is 1.15. The molecule has 3 heteroatoms. The van der Waals surface area contributed by atoms with Crippen molar-refractivity contribution in [3.8, 4) is 5.75 Å². The molecule has 1 aromatic rings. The van der Waals surface area contributed by atoms with Crippen molar-refractivity contribution in [3.63, 3.8) is 0 Å². The molecule has 0 aliphatic rings. The summed E-state index contributed by atoms with van der Waals surface area (Å²) in [6, 6.07) is 4.03. The maximum Gasteiger partial charge on any atom is 0.310 e. The van der Waals surface area contributed by atoms with E-state index in [1.807, 2.05) is 13.0 Å². The van der Waals surface area contributed by atoms with E-state index in [-0.39, 0.29) is 12.4 Å². The molecular formula is C13H18O3. The lowest BCUT2D eigenvalue weighted by Crippen LogP contribution is -2.08. The highest BCUT2D eigenvalue weighted by atomic mass is 16.5. The summed E-state index contributed by atoms with van der Waals surface area (Å²) in [4.78, 5) is 11.3. The lowest BCUT2D eigenvalue weighted by Gasteiger charge is -2.13. The molecule has 88 valence electrons. The Hall–Kier alpha value is -1.51. The number of esters is 1. The molecule has 0 heterocycles. The van der Waals surface area contributed by atoms with Crippen LogP contribution in [0.25, 0.3) is 0 Å². The molecule has 0 aromatic heterocycles. The smallest absolute Gasteiger partial charge is 0.310 e. The molecule has 0 radical (unpaired) electrons. The number of aryl methyl sites for hydroxylation is 2. The second-order valence-electron chi connectivity index (χ2n) is 3.71. The molecule has 1 rings (SSSR count). The molecule has 16 heavy (non-hydrogen) atoms. The lowest BCUT2D eigenvalue weighted by atomic mass is 9.98. The maximum absolute atomic E-state index is 11.3. The van der Waals surface area contributed by atoms with E-state index in [2.05, 4.69) is 17.7 Å². The Morgan fingerprint density at radius 2 is 2.00 bits per heavy atom. The van der Waals surface area contributed by atoms with Crippen molar-refractivity contribution < 1.29 is 14.3 Å². The van der Waals surface area contributed by atoms with E-state index in [9.17, 15) is 4.79 Å². The Kier molecular flexibility index (Phi) is 4.35. The molecule has 0 aliphatic carbocycles. The van der Waals surface area contributed by atoms with Crippen LogP contribution in [-0.4, -0.2) is 20.2 Å². The number of methoxy groups -OCH3 is 2. The fourth-order valence-corrected chi connectivity index (χ4v) is 1.77. The van der Waals surface area contributed by atoms with Crippen molar-refractivity contribution >= 4 is 5.97 Å². The zero-order valence-electron chi connectivity index (χ0n) is 10.3. The van der Waals surface area contributed by atoms with Gasteiger partial charge in [0.2, 0.25) is 0 Å². The van der Waals surface area contributed by atoms with E-state index >= 15 is 0 Å². The SMILES string of the molecule is CCc1cc(C)cc(OC)c1CC(=O)OC. The van der Waals surface area contributed by atoms with Gasteiger partial charge in [-0.2, -0.15) is 0 Å². The second-order valence-corrected chi connectivity index (χ2v) is 3.71. The third-order valence-corrected chi connectivity index (χ3v) is 2.60. The largest absolute Gasteiger partial charge is 0.496 e. The quantitative estimate of drug-likeness (QED) is 0.733. The van der Waals surface area contributed by atoms with E-state index < -0.39 is 0 Å². The Balaban J connectivity index is 3.16. The minimum Gasteiger partial charge on any atom is -0.496 e. The van der Waals surface area contributed by atoms with Gasteiger partial charge in [-0.05, 0) is 30.5 Å². The number of rotatable bonds is 4. The zero-order valence-corrected chi connectivity index (χ0v) is 10.3. The predicted molar refractivity (Wildman–Crippen MR) is 62.8 cm³/mol. The fourth-order valence-electron chi connectivity index (χ4n) is 1.77. The standard InChI is InChI=1S/C13H18O3/c1-5-10-6-9(2)7-12(15-3)11(10)8-13(14)16-4/h6-7H,5,8H2,1-4H3. The molecule has 0 aliphatic heterocycles. The zero-order chi connectivity index (χ0) is 12.1. The minimum atomic E-state index is -0.239. The molecule has 0 amide bonds. The molecule has 1 aromatic carbocycles. The number of benzene rings is 1. The number of hydrogen-bond acceptors (Lipinski definition) is 3. The highest BCUT2D eigenvalue weighted by Crippen LogP contribution is 2.25. The van der Waals surface area contributed by atoms with Gasteiger partial charge in [-0.25, -0.2) is 0 Å². The number of carbonyl (C=O) groups is 1. The average molecular weight is 222 g/mol. The third kappa shape index (κ3) is 2.75. The first kappa shape index (κ1) is 12.6. The first-order valence-electron chi connectivity index (χ1n) is 5.35. The molecular weight excluding hydrogens is 204 g/mol. The summed E-state index contributed by atoms with van der Waals surface area (Å²) in [7, 11) is 3.02. The Labute approximate surface area is 96.4 Å². The van der Waals surface area contributed by atoms with E-state index in [1.165, 1.54) is 7.11 Å². The molecule has 0 bridgehead atoms. The van der Waals surface area contributed by atoms with E-state index in [0.29, 0.717) is 0 Å². The normalized spacial score (nSPS) is 10.0. The van der Waals surface area contributed by atoms with Crippen LogP contribution >= 0.6 is 0 Å². The van der Waals surface area contributed by atoms with E-state index in [4.69, 9.17) is 4.74 Å².